The topological polar surface area (TPSA) is 40.7 Å². The predicted molar refractivity (Wildman–Crippen MR) is 80.2 cm³/mol. The van der Waals surface area contributed by atoms with Crippen molar-refractivity contribution in [2.45, 2.75) is 12.6 Å². The fraction of sp³-hybridized carbons (Fsp3) is 0.118. The number of aromatic nitrogens is 2. The van der Waals surface area contributed by atoms with E-state index in [9.17, 15) is 0 Å². The predicted octanol–water partition coefficient (Wildman–Crippen LogP) is 3.29. The number of imidazole rings is 1. The molecule has 0 radical (unpaired) electrons. The number of H-pyrrole nitrogens is 1. The highest BCUT2D eigenvalue weighted by atomic mass is 15.0. The third-order valence-corrected chi connectivity index (χ3v) is 3.30. The van der Waals surface area contributed by atoms with E-state index in [4.69, 9.17) is 0 Å². The highest BCUT2D eigenvalue weighted by molar-refractivity contribution is 5.27. The van der Waals surface area contributed by atoms with Crippen LogP contribution in [0.5, 0.6) is 0 Å². The summed E-state index contributed by atoms with van der Waals surface area (Å²) < 4.78 is 0. The molecule has 3 aromatic rings. The molecule has 0 aliphatic heterocycles. The van der Waals surface area contributed by atoms with Crippen LogP contribution in [0.25, 0.3) is 0 Å². The average Bonchev–Trinajstić information content (AvgIpc) is 3.04. The van der Waals surface area contributed by atoms with Crippen LogP contribution in [0.2, 0.25) is 0 Å². The molecule has 20 heavy (non-hydrogen) atoms. The number of hydrogen-bond donors (Lipinski definition) is 2. The summed E-state index contributed by atoms with van der Waals surface area (Å²) in [6, 6.07) is 20.9. The average molecular weight is 263 g/mol. The van der Waals surface area contributed by atoms with Gasteiger partial charge in [-0.25, -0.2) is 4.98 Å². The van der Waals surface area contributed by atoms with Gasteiger partial charge in [0, 0.05) is 12.7 Å². The molecule has 0 bridgehead atoms. The van der Waals surface area contributed by atoms with Gasteiger partial charge in [-0.15, -0.1) is 0 Å². The van der Waals surface area contributed by atoms with Gasteiger partial charge in [0.25, 0.3) is 0 Å². The number of hydrogen-bond acceptors (Lipinski definition) is 2. The molecule has 3 rings (SSSR count). The third kappa shape index (κ3) is 2.95. The molecule has 0 fully saturated rings. The molecule has 2 aromatic carbocycles. The number of aromatic amines is 1. The Bertz CT molecular complexity index is 618. The van der Waals surface area contributed by atoms with Crippen LogP contribution in [0.1, 0.15) is 22.9 Å². The molecule has 0 saturated heterocycles. The molecule has 0 saturated carbocycles. The summed E-state index contributed by atoms with van der Waals surface area (Å²) in [7, 11) is 0. The molecule has 1 aromatic heterocycles. The smallest absolute Gasteiger partial charge is 0.0923 e. The first kappa shape index (κ1) is 12.6. The Kier molecular flexibility index (Phi) is 3.90. The lowest BCUT2D eigenvalue weighted by molar-refractivity contribution is 0.594. The van der Waals surface area contributed by atoms with Crippen LogP contribution < -0.4 is 5.32 Å². The molecule has 1 atom stereocenters. The van der Waals surface area contributed by atoms with Crippen LogP contribution in [-0.2, 0) is 6.54 Å². The Labute approximate surface area is 118 Å². The second kappa shape index (κ2) is 6.17. The minimum Gasteiger partial charge on any atom is -0.351 e. The Morgan fingerprint density at radius 3 is 2.30 bits per heavy atom. The Morgan fingerprint density at radius 2 is 1.65 bits per heavy atom. The molecule has 2 N–H and O–H groups in total. The monoisotopic (exact) mass is 263 g/mol. The normalized spacial score (nSPS) is 12.2. The summed E-state index contributed by atoms with van der Waals surface area (Å²) >= 11 is 0. The van der Waals surface area contributed by atoms with Crippen molar-refractivity contribution >= 4 is 0 Å². The van der Waals surface area contributed by atoms with E-state index in [1.165, 1.54) is 11.1 Å². The van der Waals surface area contributed by atoms with Crippen LogP contribution in [-0.4, -0.2) is 9.97 Å². The second-order valence-electron chi connectivity index (χ2n) is 4.70. The van der Waals surface area contributed by atoms with Crippen molar-refractivity contribution in [1.29, 1.82) is 0 Å². The Balaban J connectivity index is 1.80. The number of rotatable bonds is 5. The molecular weight excluding hydrogens is 246 g/mol. The SMILES string of the molecule is c1ccc(CNC(c2ccccc2)c2c[nH]cn2)cc1. The third-order valence-electron chi connectivity index (χ3n) is 3.30. The zero-order chi connectivity index (χ0) is 13.6. The molecule has 100 valence electrons. The van der Waals surface area contributed by atoms with Gasteiger partial charge in [-0.2, -0.15) is 0 Å². The van der Waals surface area contributed by atoms with Crippen molar-refractivity contribution in [3.05, 3.63) is 90.0 Å². The van der Waals surface area contributed by atoms with Gasteiger partial charge in [0.1, 0.15) is 0 Å². The standard InChI is InChI=1S/C17H17N3/c1-3-7-14(8-4-1)11-19-17(16-12-18-13-20-16)15-9-5-2-6-10-15/h1-10,12-13,17,19H,11H2,(H,18,20). The molecule has 0 aliphatic carbocycles. The van der Waals surface area contributed by atoms with Crippen molar-refractivity contribution in [2.24, 2.45) is 0 Å². The fourth-order valence-corrected chi connectivity index (χ4v) is 2.28. The molecule has 3 heteroatoms. The summed E-state index contributed by atoms with van der Waals surface area (Å²) in [6.07, 6.45) is 3.66. The van der Waals surface area contributed by atoms with E-state index in [1.54, 1.807) is 6.33 Å². The summed E-state index contributed by atoms with van der Waals surface area (Å²) in [4.78, 5) is 7.41. The second-order valence-corrected chi connectivity index (χ2v) is 4.70. The van der Waals surface area contributed by atoms with Gasteiger partial charge in [0.05, 0.1) is 18.1 Å². The first-order chi connectivity index (χ1) is 9.93. The molecule has 0 amide bonds. The largest absolute Gasteiger partial charge is 0.351 e. The lowest BCUT2D eigenvalue weighted by Crippen LogP contribution is -2.22. The number of benzene rings is 2. The quantitative estimate of drug-likeness (QED) is 0.741. The maximum Gasteiger partial charge on any atom is 0.0923 e. The molecule has 0 spiro atoms. The Morgan fingerprint density at radius 1 is 0.950 bits per heavy atom. The van der Waals surface area contributed by atoms with Gasteiger partial charge < -0.3 is 10.3 Å². The molecule has 1 heterocycles. The highest BCUT2D eigenvalue weighted by Gasteiger charge is 2.14. The first-order valence-corrected chi connectivity index (χ1v) is 6.74. The lowest BCUT2D eigenvalue weighted by atomic mass is 10.0. The minimum absolute atomic E-state index is 0.0997. The summed E-state index contributed by atoms with van der Waals surface area (Å²) in [6.45, 7) is 0.813. The first-order valence-electron chi connectivity index (χ1n) is 6.74. The lowest BCUT2D eigenvalue weighted by Gasteiger charge is -2.17. The van der Waals surface area contributed by atoms with E-state index < -0.39 is 0 Å². The molecule has 3 nitrogen and oxygen atoms in total. The van der Waals surface area contributed by atoms with Crippen LogP contribution in [0.4, 0.5) is 0 Å². The van der Waals surface area contributed by atoms with Crippen molar-refractivity contribution in [1.82, 2.24) is 15.3 Å². The Hall–Kier alpha value is -2.39. The van der Waals surface area contributed by atoms with Crippen LogP contribution in [0, 0.1) is 0 Å². The van der Waals surface area contributed by atoms with Crippen molar-refractivity contribution < 1.29 is 0 Å². The van der Waals surface area contributed by atoms with E-state index >= 15 is 0 Å². The number of nitrogens with zero attached hydrogens (tertiary/aromatic N) is 1. The van der Waals surface area contributed by atoms with Crippen LogP contribution in [0.15, 0.2) is 73.2 Å². The van der Waals surface area contributed by atoms with Gasteiger partial charge in [0.15, 0.2) is 0 Å². The summed E-state index contributed by atoms with van der Waals surface area (Å²) in [5.41, 5.74) is 3.49. The maximum absolute atomic E-state index is 4.39. The number of nitrogens with one attached hydrogen (secondary N) is 2. The van der Waals surface area contributed by atoms with E-state index in [2.05, 4.69) is 63.8 Å². The van der Waals surface area contributed by atoms with E-state index in [0.717, 1.165) is 12.2 Å². The van der Waals surface area contributed by atoms with Crippen molar-refractivity contribution in [2.75, 3.05) is 0 Å². The van der Waals surface area contributed by atoms with Gasteiger partial charge in [-0.1, -0.05) is 60.7 Å². The fourth-order valence-electron chi connectivity index (χ4n) is 2.28. The van der Waals surface area contributed by atoms with Crippen molar-refractivity contribution in [3.8, 4) is 0 Å². The van der Waals surface area contributed by atoms with E-state index in [0.29, 0.717) is 0 Å². The maximum atomic E-state index is 4.39. The van der Waals surface area contributed by atoms with Crippen LogP contribution >= 0.6 is 0 Å². The molecular formula is C17H17N3. The van der Waals surface area contributed by atoms with E-state index in [-0.39, 0.29) is 6.04 Å². The summed E-state index contributed by atoms with van der Waals surface area (Å²) in [5.74, 6) is 0. The van der Waals surface area contributed by atoms with Crippen molar-refractivity contribution in [3.63, 3.8) is 0 Å². The molecule has 1 unspecified atom stereocenters. The van der Waals surface area contributed by atoms with Gasteiger partial charge in [-0.05, 0) is 11.1 Å². The van der Waals surface area contributed by atoms with E-state index in [1.807, 2.05) is 18.3 Å². The van der Waals surface area contributed by atoms with Crippen LogP contribution in [0.3, 0.4) is 0 Å². The van der Waals surface area contributed by atoms with Gasteiger partial charge in [0.2, 0.25) is 0 Å². The van der Waals surface area contributed by atoms with Gasteiger partial charge in [-0.3, -0.25) is 0 Å². The highest BCUT2D eigenvalue weighted by Crippen LogP contribution is 2.20. The zero-order valence-electron chi connectivity index (χ0n) is 11.2. The zero-order valence-corrected chi connectivity index (χ0v) is 11.2. The minimum atomic E-state index is 0.0997. The van der Waals surface area contributed by atoms with Gasteiger partial charge >= 0.3 is 0 Å². The molecule has 0 aliphatic rings. The summed E-state index contributed by atoms with van der Waals surface area (Å²) in [5, 5.41) is 3.57.